The number of nitro benzene ring substituents is 1. The number of nitrogens with one attached hydrogen (secondary N) is 1. The molecule has 128 valence electrons. The quantitative estimate of drug-likeness (QED) is 0.673. The van der Waals surface area contributed by atoms with E-state index in [9.17, 15) is 23.6 Å². The lowest BCUT2D eigenvalue weighted by atomic mass is 9.87. The van der Waals surface area contributed by atoms with Gasteiger partial charge in [-0.2, -0.15) is 0 Å². The van der Waals surface area contributed by atoms with Crippen LogP contribution in [0.5, 0.6) is 5.75 Å². The molecule has 0 fully saturated rings. The first-order valence-corrected chi connectivity index (χ1v) is 8.58. The third-order valence-corrected chi connectivity index (χ3v) is 4.83. The molecule has 0 saturated heterocycles. The van der Waals surface area contributed by atoms with Gasteiger partial charge in [0.1, 0.15) is 0 Å². The van der Waals surface area contributed by atoms with Gasteiger partial charge in [0.05, 0.1) is 9.82 Å². The molecule has 0 aliphatic rings. The van der Waals surface area contributed by atoms with Crippen molar-refractivity contribution in [2.45, 2.75) is 31.1 Å². The number of sulfonamides is 1. The summed E-state index contributed by atoms with van der Waals surface area (Å²) in [5.74, 6) is -0.643. The summed E-state index contributed by atoms with van der Waals surface area (Å²) >= 11 is 0. The largest absolute Gasteiger partial charge is 0.871 e. The second-order valence-corrected chi connectivity index (χ2v) is 8.00. The topological polar surface area (TPSA) is 112 Å². The highest BCUT2D eigenvalue weighted by Gasteiger charge is 2.19. The zero-order chi connectivity index (χ0) is 18.1. The Labute approximate surface area is 140 Å². The maximum Gasteiger partial charge on any atom is 0.271 e. The molecule has 0 heterocycles. The second kappa shape index (κ2) is 6.12. The van der Waals surface area contributed by atoms with Crippen LogP contribution in [0.15, 0.2) is 47.4 Å². The first kappa shape index (κ1) is 17.7. The predicted octanol–water partition coefficient (Wildman–Crippen LogP) is 2.77. The molecule has 2 aromatic carbocycles. The van der Waals surface area contributed by atoms with Crippen molar-refractivity contribution in [3.63, 3.8) is 0 Å². The molecule has 0 spiro atoms. The maximum absolute atomic E-state index is 12.4. The second-order valence-electron chi connectivity index (χ2n) is 6.32. The van der Waals surface area contributed by atoms with Gasteiger partial charge < -0.3 is 5.11 Å². The number of anilines is 1. The molecule has 0 aliphatic carbocycles. The molecule has 24 heavy (non-hydrogen) atoms. The highest BCUT2D eigenvalue weighted by atomic mass is 32.2. The van der Waals surface area contributed by atoms with E-state index in [-0.39, 0.29) is 21.7 Å². The molecule has 0 aliphatic heterocycles. The highest BCUT2D eigenvalue weighted by molar-refractivity contribution is 7.92. The molecule has 7 nitrogen and oxygen atoms in total. The van der Waals surface area contributed by atoms with Crippen LogP contribution in [0.2, 0.25) is 0 Å². The predicted molar refractivity (Wildman–Crippen MR) is 88.5 cm³/mol. The van der Waals surface area contributed by atoms with Crippen molar-refractivity contribution in [1.29, 1.82) is 0 Å². The van der Waals surface area contributed by atoms with Gasteiger partial charge >= 0.3 is 0 Å². The van der Waals surface area contributed by atoms with Crippen molar-refractivity contribution >= 4 is 21.4 Å². The smallest absolute Gasteiger partial charge is 0.271 e. The van der Waals surface area contributed by atoms with Gasteiger partial charge in [0.25, 0.3) is 15.7 Å². The Kier molecular flexibility index (Phi) is 4.52. The molecule has 1 N–H and O–H groups in total. The van der Waals surface area contributed by atoms with E-state index in [2.05, 4.69) is 4.72 Å². The summed E-state index contributed by atoms with van der Waals surface area (Å²) in [6.45, 7) is 6.00. The first-order chi connectivity index (χ1) is 11.0. The highest BCUT2D eigenvalue weighted by Crippen LogP contribution is 2.29. The number of rotatable bonds is 4. The third kappa shape index (κ3) is 3.83. The van der Waals surface area contributed by atoms with Crippen molar-refractivity contribution in [1.82, 2.24) is 0 Å². The van der Waals surface area contributed by atoms with Crippen LogP contribution in [0.25, 0.3) is 0 Å². The van der Waals surface area contributed by atoms with Crippen LogP contribution >= 0.6 is 0 Å². The minimum Gasteiger partial charge on any atom is -0.871 e. The van der Waals surface area contributed by atoms with E-state index in [0.717, 1.165) is 23.8 Å². The normalized spacial score (nSPS) is 12.0. The molecule has 0 radical (unpaired) electrons. The van der Waals surface area contributed by atoms with Crippen LogP contribution in [0, 0.1) is 10.1 Å². The molecule has 8 heteroatoms. The van der Waals surface area contributed by atoms with E-state index in [0.29, 0.717) is 0 Å². The molecule has 2 rings (SSSR count). The van der Waals surface area contributed by atoms with Gasteiger partial charge in [-0.15, -0.1) is 0 Å². The number of nitro groups is 1. The van der Waals surface area contributed by atoms with E-state index in [1.165, 1.54) is 12.1 Å². The van der Waals surface area contributed by atoms with Crippen molar-refractivity contribution < 1.29 is 18.4 Å². The molecular formula is C16H17N2O5S-. The fourth-order valence-corrected chi connectivity index (χ4v) is 3.11. The van der Waals surface area contributed by atoms with Crippen LogP contribution in [0.3, 0.4) is 0 Å². The number of benzene rings is 2. The lowest BCUT2D eigenvalue weighted by Gasteiger charge is -2.19. The molecular weight excluding hydrogens is 332 g/mol. The van der Waals surface area contributed by atoms with Crippen LogP contribution in [-0.2, 0) is 15.4 Å². The summed E-state index contributed by atoms with van der Waals surface area (Å²) in [4.78, 5) is 10.0. The van der Waals surface area contributed by atoms with Gasteiger partial charge in [-0.1, -0.05) is 44.7 Å². The Morgan fingerprint density at radius 2 is 1.62 bits per heavy atom. The van der Waals surface area contributed by atoms with Gasteiger partial charge in [0.15, 0.2) is 0 Å². The zero-order valence-corrected chi connectivity index (χ0v) is 14.3. The van der Waals surface area contributed by atoms with Crippen LogP contribution in [0.4, 0.5) is 11.4 Å². The molecule has 0 unspecified atom stereocenters. The summed E-state index contributed by atoms with van der Waals surface area (Å²) in [7, 11) is -4.01. The molecule has 2 aromatic rings. The fraction of sp³-hybridized carbons (Fsp3) is 0.250. The van der Waals surface area contributed by atoms with Crippen LogP contribution in [-0.4, -0.2) is 13.3 Å². The van der Waals surface area contributed by atoms with Gasteiger partial charge in [-0.05, 0) is 23.1 Å². The van der Waals surface area contributed by atoms with E-state index < -0.39 is 20.7 Å². The van der Waals surface area contributed by atoms with Gasteiger partial charge in [-0.25, -0.2) is 8.42 Å². The molecule has 0 saturated carbocycles. The lowest BCUT2D eigenvalue weighted by molar-refractivity contribution is -0.385. The SMILES string of the molecule is CC(C)(C)c1ccc(S(=O)(=O)Nc2cc([N+](=O)[O-])ccc2[O-])cc1. The number of non-ortho nitro benzene ring substituents is 1. The third-order valence-electron chi connectivity index (χ3n) is 3.45. The van der Waals surface area contributed by atoms with Crippen molar-refractivity contribution in [2.75, 3.05) is 4.72 Å². The van der Waals surface area contributed by atoms with Gasteiger partial charge in [0.2, 0.25) is 0 Å². The van der Waals surface area contributed by atoms with Gasteiger partial charge in [-0.3, -0.25) is 14.8 Å². The summed E-state index contributed by atoms with van der Waals surface area (Å²) in [5.41, 5.74) is 0.110. The monoisotopic (exact) mass is 349 g/mol. The summed E-state index contributed by atoms with van der Waals surface area (Å²) in [6, 6.07) is 9.15. The average Bonchev–Trinajstić information content (AvgIpc) is 2.48. The van der Waals surface area contributed by atoms with E-state index in [1.807, 2.05) is 20.8 Å². The zero-order valence-electron chi connectivity index (χ0n) is 13.4. The molecule has 0 aromatic heterocycles. The van der Waals surface area contributed by atoms with Crippen molar-refractivity contribution in [3.8, 4) is 5.75 Å². The van der Waals surface area contributed by atoms with E-state index in [4.69, 9.17) is 0 Å². The average molecular weight is 349 g/mol. The van der Waals surface area contributed by atoms with Crippen molar-refractivity contribution in [2.24, 2.45) is 0 Å². The Morgan fingerprint density at radius 3 is 2.12 bits per heavy atom. The molecule has 0 amide bonds. The van der Waals surface area contributed by atoms with Crippen LogP contribution < -0.4 is 9.83 Å². The summed E-state index contributed by atoms with van der Waals surface area (Å²) in [6.07, 6.45) is 0. The summed E-state index contributed by atoms with van der Waals surface area (Å²) in [5, 5.41) is 22.5. The maximum atomic E-state index is 12.4. The summed E-state index contributed by atoms with van der Waals surface area (Å²) < 4.78 is 26.9. The van der Waals surface area contributed by atoms with E-state index in [1.54, 1.807) is 12.1 Å². The van der Waals surface area contributed by atoms with E-state index >= 15 is 0 Å². The minimum absolute atomic E-state index is 0.0265. The standard InChI is InChI=1S/C16H18N2O5S/c1-16(2,3)11-4-7-13(8-5-11)24(22,23)17-14-10-12(18(20)21)6-9-15(14)19/h4-10,17,19H,1-3H3/p-1. The Balaban J connectivity index is 2.35. The minimum atomic E-state index is -4.01. The molecule has 0 bridgehead atoms. The fourth-order valence-electron chi connectivity index (χ4n) is 2.05. The Bertz CT molecular complexity index is 868. The number of hydrogen-bond acceptors (Lipinski definition) is 5. The lowest BCUT2D eigenvalue weighted by Crippen LogP contribution is -2.16. The Hall–Kier alpha value is -2.61. The number of nitrogens with zero attached hydrogens (tertiary/aromatic N) is 1. The first-order valence-electron chi connectivity index (χ1n) is 7.09. The Morgan fingerprint density at radius 1 is 1.04 bits per heavy atom. The van der Waals surface area contributed by atoms with Crippen molar-refractivity contribution in [3.05, 3.63) is 58.1 Å². The molecule has 0 atom stereocenters. The van der Waals surface area contributed by atoms with Gasteiger partial charge in [0, 0.05) is 17.8 Å². The number of hydrogen-bond donors (Lipinski definition) is 1. The van der Waals surface area contributed by atoms with Crippen LogP contribution in [0.1, 0.15) is 26.3 Å².